The molecular formula is C11H16N2O8P+. The van der Waals surface area contributed by atoms with Crippen molar-refractivity contribution in [1.82, 2.24) is 0 Å². The van der Waals surface area contributed by atoms with Gasteiger partial charge in [-0.2, -0.15) is 4.57 Å². The largest absolute Gasteiger partial charge is 0.469 e. The Morgan fingerprint density at radius 3 is 2.68 bits per heavy atom. The molecule has 1 fully saturated rings. The molecule has 1 aromatic rings. The van der Waals surface area contributed by atoms with E-state index in [-0.39, 0.29) is 5.56 Å². The van der Waals surface area contributed by atoms with Crippen LogP contribution in [-0.4, -0.2) is 50.8 Å². The lowest BCUT2D eigenvalue weighted by atomic mass is 10.1. The van der Waals surface area contributed by atoms with Crippen LogP contribution in [0.2, 0.25) is 0 Å². The number of rotatable bonds is 5. The molecule has 1 amide bonds. The van der Waals surface area contributed by atoms with E-state index < -0.39 is 44.9 Å². The topological polar surface area (TPSA) is 163 Å². The molecule has 0 spiro atoms. The Morgan fingerprint density at radius 1 is 1.41 bits per heavy atom. The third-order valence-corrected chi connectivity index (χ3v) is 3.63. The summed E-state index contributed by atoms with van der Waals surface area (Å²) in [5.41, 5.74) is 5.32. The Labute approximate surface area is 124 Å². The number of amides is 1. The van der Waals surface area contributed by atoms with Crippen molar-refractivity contribution in [2.45, 2.75) is 24.5 Å². The van der Waals surface area contributed by atoms with E-state index in [0.29, 0.717) is 0 Å². The van der Waals surface area contributed by atoms with Crippen molar-refractivity contribution in [2.75, 3.05) is 6.61 Å². The number of aliphatic hydroxyl groups excluding tert-OH is 2. The maximum absolute atomic E-state index is 11.1. The second-order valence-corrected chi connectivity index (χ2v) is 5.98. The third kappa shape index (κ3) is 3.87. The first-order valence-electron chi connectivity index (χ1n) is 6.21. The highest BCUT2D eigenvalue weighted by Crippen LogP contribution is 2.37. The number of phosphoric ester groups is 1. The molecule has 1 aliphatic rings. The highest BCUT2D eigenvalue weighted by molar-refractivity contribution is 7.46. The summed E-state index contributed by atoms with van der Waals surface area (Å²) in [6, 6.07) is 2.97. The van der Waals surface area contributed by atoms with Crippen molar-refractivity contribution in [3.05, 3.63) is 30.1 Å². The minimum atomic E-state index is -4.72. The average molecular weight is 335 g/mol. The van der Waals surface area contributed by atoms with Crippen LogP contribution in [0, 0.1) is 0 Å². The molecule has 6 N–H and O–H groups in total. The molecule has 10 nitrogen and oxygen atoms in total. The predicted molar refractivity (Wildman–Crippen MR) is 69.1 cm³/mol. The van der Waals surface area contributed by atoms with E-state index in [9.17, 15) is 19.6 Å². The fourth-order valence-electron chi connectivity index (χ4n) is 2.08. The van der Waals surface area contributed by atoms with E-state index >= 15 is 0 Å². The standard InChI is InChI=1S/C11H15N2O8P/c12-10(16)6-2-1-3-13(4-6)11-9(15)8(14)7(21-11)5-20-22(17,18)19/h1-4,7-9,11,14-15H,5H2,(H3-,12,16,17,18,19)/p+1/t7?,8?,9?,11-/m1/s1. The summed E-state index contributed by atoms with van der Waals surface area (Å²) in [5, 5.41) is 19.8. The maximum atomic E-state index is 11.1. The summed E-state index contributed by atoms with van der Waals surface area (Å²) in [6.07, 6.45) is -2.18. The van der Waals surface area contributed by atoms with Crippen LogP contribution < -0.4 is 10.3 Å². The zero-order valence-electron chi connectivity index (χ0n) is 11.2. The molecule has 1 saturated heterocycles. The first-order chi connectivity index (χ1) is 10.2. The number of nitrogens with zero attached hydrogens (tertiary/aromatic N) is 1. The van der Waals surface area contributed by atoms with Crippen molar-refractivity contribution in [1.29, 1.82) is 0 Å². The molecule has 3 unspecified atom stereocenters. The van der Waals surface area contributed by atoms with Gasteiger partial charge in [0, 0.05) is 6.07 Å². The summed E-state index contributed by atoms with van der Waals surface area (Å²) in [6.45, 7) is -0.602. The van der Waals surface area contributed by atoms with Gasteiger partial charge in [-0.05, 0) is 6.07 Å². The summed E-state index contributed by atoms with van der Waals surface area (Å²) < 4.78 is 21.6. The molecule has 22 heavy (non-hydrogen) atoms. The molecule has 11 heteroatoms. The van der Waals surface area contributed by atoms with Crippen LogP contribution in [0.15, 0.2) is 24.5 Å². The summed E-state index contributed by atoms with van der Waals surface area (Å²) in [4.78, 5) is 28.4. The van der Waals surface area contributed by atoms with Crippen molar-refractivity contribution in [2.24, 2.45) is 5.73 Å². The molecule has 2 rings (SSSR count). The molecule has 122 valence electrons. The number of pyridine rings is 1. The zero-order valence-corrected chi connectivity index (χ0v) is 12.1. The molecule has 0 aromatic carbocycles. The van der Waals surface area contributed by atoms with Gasteiger partial charge in [0.1, 0.15) is 17.8 Å². The molecule has 1 aromatic heterocycles. The lowest BCUT2D eigenvalue weighted by Crippen LogP contribution is -2.46. The Balaban J connectivity index is 2.14. The van der Waals surface area contributed by atoms with Crippen molar-refractivity contribution < 1.29 is 43.2 Å². The summed E-state index contributed by atoms with van der Waals surface area (Å²) in [5.74, 6) is -0.677. The van der Waals surface area contributed by atoms with E-state index in [1.54, 1.807) is 0 Å². The van der Waals surface area contributed by atoms with Gasteiger partial charge < -0.3 is 30.5 Å². The van der Waals surface area contributed by atoms with Gasteiger partial charge >= 0.3 is 7.82 Å². The van der Waals surface area contributed by atoms with Gasteiger partial charge in [0.05, 0.1) is 6.61 Å². The van der Waals surface area contributed by atoms with E-state index in [0.717, 1.165) is 0 Å². The van der Waals surface area contributed by atoms with Gasteiger partial charge in [0.25, 0.3) is 12.1 Å². The molecule has 0 radical (unpaired) electrons. The summed E-state index contributed by atoms with van der Waals surface area (Å²) in [7, 11) is -4.72. The highest BCUT2D eigenvalue weighted by atomic mass is 31.2. The van der Waals surface area contributed by atoms with Gasteiger partial charge in [0.15, 0.2) is 18.5 Å². The zero-order chi connectivity index (χ0) is 16.5. The Morgan fingerprint density at radius 2 is 2.09 bits per heavy atom. The number of carbonyl (C=O) groups is 1. The number of hydrogen-bond donors (Lipinski definition) is 5. The van der Waals surface area contributed by atoms with E-state index in [4.69, 9.17) is 20.3 Å². The first-order valence-corrected chi connectivity index (χ1v) is 7.74. The lowest BCUT2D eigenvalue weighted by Gasteiger charge is -2.13. The third-order valence-electron chi connectivity index (χ3n) is 3.14. The van der Waals surface area contributed by atoms with Gasteiger partial charge in [-0.3, -0.25) is 9.32 Å². The van der Waals surface area contributed by atoms with E-state index in [2.05, 4.69) is 4.52 Å². The smallest absolute Gasteiger partial charge is 0.387 e. The lowest BCUT2D eigenvalue weighted by molar-refractivity contribution is -0.765. The second-order valence-electron chi connectivity index (χ2n) is 4.74. The van der Waals surface area contributed by atoms with E-state index in [1.165, 1.54) is 29.1 Å². The molecular weight excluding hydrogens is 319 g/mol. The van der Waals surface area contributed by atoms with Gasteiger partial charge in [-0.1, -0.05) is 0 Å². The highest BCUT2D eigenvalue weighted by Gasteiger charge is 2.48. The monoisotopic (exact) mass is 335 g/mol. The van der Waals surface area contributed by atoms with Crippen LogP contribution in [0.5, 0.6) is 0 Å². The number of aliphatic hydroxyl groups is 2. The minimum Gasteiger partial charge on any atom is -0.387 e. The number of carbonyl (C=O) groups excluding carboxylic acids is 1. The number of hydrogen-bond acceptors (Lipinski definition) is 6. The van der Waals surface area contributed by atoms with Crippen molar-refractivity contribution in [3.63, 3.8) is 0 Å². The minimum absolute atomic E-state index is 0.169. The van der Waals surface area contributed by atoms with Gasteiger partial charge in [-0.25, -0.2) is 4.57 Å². The number of phosphoric acid groups is 1. The molecule has 0 aliphatic carbocycles. The van der Waals surface area contributed by atoms with Crippen LogP contribution in [0.4, 0.5) is 0 Å². The Bertz CT molecular complexity index is 606. The molecule has 0 bridgehead atoms. The Hall–Kier alpha value is -1.39. The number of ether oxygens (including phenoxy) is 1. The van der Waals surface area contributed by atoms with Crippen LogP contribution >= 0.6 is 7.82 Å². The maximum Gasteiger partial charge on any atom is 0.469 e. The Kier molecular flexibility index (Phi) is 4.93. The quantitative estimate of drug-likeness (QED) is 0.299. The number of aromatic nitrogens is 1. The van der Waals surface area contributed by atoms with E-state index in [1.807, 2.05) is 0 Å². The van der Waals surface area contributed by atoms with Crippen LogP contribution in [0.3, 0.4) is 0 Å². The SMILES string of the molecule is NC(=O)c1ccc[n+]([C@@H]2OC(COP(=O)(O)O)C(O)C2O)c1. The van der Waals surface area contributed by atoms with Crippen molar-refractivity contribution >= 4 is 13.7 Å². The van der Waals surface area contributed by atoms with Gasteiger partial charge in [0.2, 0.25) is 0 Å². The van der Waals surface area contributed by atoms with Gasteiger partial charge in [-0.15, -0.1) is 0 Å². The average Bonchev–Trinajstić information content (AvgIpc) is 2.72. The number of nitrogens with two attached hydrogens (primary N) is 1. The fraction of sp³-hybridized carbons (Fsp3) is 0.455. The molecule has 1 aliphatic heterocycles. The molecule has 2 heterocycles. The molecule has 0 saturated carbocycles. The predicted octanol–water partition coefficient (Wildman–Crippen LogP) is -2.20. The first kappa shape index (κ1) is 17.0. The van der Waals surface area contributed by atoms with Crippen LogP contribution in [0.1, 0.15) is 16.6 Å². The van der Waals surface area contributed by atoms with Crippen molar-refractivity contribution in [3.8, 4) is 0 Å². The normalized spacial score (nSPS) is 28.7. The summed E-state index contributed by atoms with van der Waals surface area (Å²) >= 11 is 0. The van der Waals surface area contributed by atoms with Crippen LogP contribution in [-0.2, 0) is 13.8 Å². The van der Waals surface area contributed by atoms with Crippen LogP contribution in [0.25, 0.3) is 0 Å². The number of primary amides is 1. The molecule has 4 atom stereocenters. The second kappa shape index (κ2) is 6.39. The fourth-order valence-corrected chi connectivity index (χ4v) is 2.42.